The van der Waals surface area contributed by atoms with Crippen LogP contribution in [0.15, 0.2) is 83.5 Å². The molecule has 0 spiro atoms. The molecule has 2 aromatic rings. The Labute approximate surface area is 173 Å². The van der Waals surface area contributed by atoms with Crippen LogP contribution in [0.3, 0.4) is 0 Å². The molecule has 2 atom stereocenters. The monoisotopic (exact) mass is 380 g/mol. The first-order valence-electron chi connectivity index (χ1n) is 10.8. The SMILES string of the molecule is Cc1nc2c(n1-c1ccccc1)C=C(C1=CC=CCC1)C(C1=CCCC=C1)C2C. The average molecular weight is 381 g/mol. The lowest BCUT2D eigenvalue weighted by Gasteiger charge is -2.34. The number of imidazole rings is 1. The second-order valence-electron chi connectivity index (χ2n) is 8.31. The van der Waals surface area contributed by atoms with Gasteiger partial charge < -0.3 is 0 Å². The molecule has 0 radical (unpaired) electrons. The average Bonchev–Trinajstić information content (AvgIpc) is 3.12. The Kier molecular flexibility index (Phi) is 4.71. The van der Waals surface area contributed by atoms with Crippen LogP contribution in [0.25, 0.3) is 11.8 Å². The lowest BCUT2D eigenvalue weighted by Crippen LogP contribution is -2.22. The van der Waals surface area contributed by atoms with Crippen LogP contribution in [0.2, 0.25) is 0 Å². The summed E-state index contributed by atoms with van der Waals surface area (Å²) in [5, 5.41) is 0. The maximum Gasteiger partial charge on any atom is 0.110 e. The summed E-state index contributed by atoms with van der Waals surface area (Å²) in [6.07, 6.45) is 20.9. The van der Waals surface area contributed by atoms with Crippen molar-refractivity contribution < 1.29 is 0 Å². The van der Waals surface area contributed by atoms with Crippen LogP contribution in [-0.2, 0) is 0 Å². The molecule has 1 aromatic carbocycles. The highest BCUT2D eigenvalue weighted by atomic mass is 15.1. The van der Waals surface area contributed by atoms with Crippen LogP contribution in [0.1, 0.15) is 55.7 Å². The van der Waals surface area contributed by atoms with Crippen LogP contribution in [0.4, 0.5) is 0 Å². The van der Waals surface area contributed by atoms with E-state index in [1.807, 2.05) is 0 Å². The number of para-hydroxylation sites is 1. The zero-order valence-electron chi connectivity index (χ0n) is 17.3. The van der Waals surface area contributed by atoms with E-state index >= 15 is 0 Å². The highest BCUT2D eigenvalue weighted by Gasteiger charge is 2.35. The summed E-state index contributed by atoms with van der Waals surface area (Å²) in [4.78, 5) is 5.07. The Morgan fingerprint density at radius 3 is 2.62 bits per heavy atom. The molecule has 0 fully saturated rings. The predicted molar refractivity (Wildman–Crippen MR) is 121 cm³/mol. The summed E-state index contributed by atoms with van der Waals surface area (Å²) in [5.41, 5.74) is 8.09. The quantitative estimate of drug-likeness (QED) is 0.569. The number of nitrogens with zero attached hydrogens (tertiary/aromatic N) is 2. The molecule has 0 aliphatic heterocycles. The summed E-state index contributed by atoms with van der Waals surface area (Å²) < 4.78 is 2.33. The highest BCUT2D eigenvalue weighted by molar-refractivity contribution is 5.68. The fourth-order valence-electron chi connectivity index (χ4n) is 5.08. The predicted octanol–water partition coefficient (Wildman–Crippen LogP) is 6.85. The van der Waals surface area contributed by atoms with E-state index < -0.39 is 0 Å². The number of rotatable bonds is 3. The van der Waals surface area contributed by atoms with Gasteiger partial charge in [-0.2, -0.15) is 0 Å². The van der Waals surface area contributed by atoms with Crippen LogP contribution >= 0.6 is 0 Å². The standard InChI is InChI=1S/C27H28N2/c1-19-26(22-14-8-4-9-15-22)24(21-12-6-3-7-13-21)18-25-27(19)28-20(2)29(25)23-16-10-5-11-17-23/h3,5-6,8,10-12,14-19,26H,4,7,9,13H2,1-2H3. The van der Waals surface area contributed by atoms with E-state index in [4.69, 9.17) is 4.98 Å². The van der Waals surface area contributed by atoms with Crippen molar-refractivity contribution in [3.05, 3.63) is 101 Å². The Morgan fingerprint density at radius 1 is 1.03 bits per heavy atom. The van der Waals surface area contributed by atoms with Crippen molar-refractivity contribution in [3.8, 4) is 5.69 Å². The topological polar surface area (TPSA) is 17.8 Å². The first-order chi connectivity index (χ1) is 14.2. The van der Waals surface area contributed by atoms with E-state index in [-0.39, 0.29) is 0 Å². The van der Waals surface area contributed by atoms with Crippen LogP contribution in [0, 0.1) is 12.8 Å². The van der Waals surface area contributed by atoms with Crippen LogP contribution in [-0.4, -0.2) is 9.55 Å². The third-order valence-corrected chi connectivity index (χ3v) is 6.45. The number of allylic oxidation sites excluding steroid dienone is 9. The molecule has 3 aliphatic carbocycles. The zero-order chi connectivity index (χ0) is 19.8. The van der Waals surface area contributed by atoms with E-state index in [9.17, 15) is 0 Å². The Bertz CT molecular complexity index is 1070. The van der Waals surface area contributed by atoms with E-state index in [0.717, 1.165) is 31.5 Å². The molecule has 0 N–H and O–H groups in total. The lowest BCUT2D eigenvalue weighted by molar-refractivity contribution is 0.572. The van der Waals surface area contributed by atoms with Gasteiger partial charge in [-0.05, 0) is 67.5 Å². The maximum atomic E-state index is 5.07. The van der Waals surface area contributed by atoms with Gasteiger partial charge in [0.1, 0.15) is 5.82 Å². The van der Waals surface area contributed by atoms with Gasteiger partial charge in [0.2, 0.25) is 0 Å². The molecule has 2 heteroatoms. The number of aryl methyl sites for hydroxylation is 1. The third kappa shape index (κ3) is 3.17. The molecule has 1 aromatic heterocycles. The normalized spacial score (nSPS) is 23.3. The molecule has 0 amide bonds. The second kappa shape index (κ2) is 7.51. The molecule has 2 unspecified atom stereocenters. The smallest absolute Gasteiger partial charge is 0.110 e. The van der Waals surface area contributed by atoms with Crippen molar-refractivity contribution in [2.24, 2.45) is 5.92 Å². The fourth-order valence-corrected chi connectivity index (χ4v) is 5.08. The van der Waals surface area contributed by atoms with Crippen molar-refractivity contribution in [3.63, 3.8) is 0 Å². The minimum absolute atomic E-state index is 0.356. The van der Waals surface area contributed by atoms with E-state index in [0.29, 0.717) is 11.8 Å². The van der Waals surface area contributed by atoms with Gasteiger partial charge in [-0.25, -0.2) is 4.98 Å². The molecular formula is C27H28N2. The lowest BCUT2D eigenvalue weighted by atomic mass is 9.71. The van der Waals surface area contributed by atoms with Gasteiger partial charge in [0.05, 0.1) is 11.4 Å². The molecule has 0 saturated carbocycles. The number of hydrogen-bond acceptors (Lipinski definition) is 1. The van der Waals surface area contributed by atoms with Crippen molar-refractivity contribution >= 4 is 6.08 Å². The fraction of sp³-hybridized carbons (Fsp3) is 0.296. The number of aromatic nitrogens is 2. The largest absolute Gasteiger partial charge is 0.297 e. The van der Waals surface area contributed by atoms with Gasteiger partial charge in [0.25, 0.3) is 0 Å². The van der Waals surface area contributed by atoms with Gasteiger partial charge in [0.15, 0.2) is 0 Å². The van der Waals surface area contributed by atoms with Crippen molar-refractivity contribution in [1.29, 1.82) is 0 Å². The van der Waals surface area contributed by atoms with Crippen molar-refractivity contribution in [2.75, 3.05) is 0 Å². The van der Waals surface area contributed by atoms with Gasteiger partial charge in [-0.15, -0.1) is 0 Å². The zero-order valence-corrected chi connectivity index (χ0v) is 17.3. The van der Waals surface area contributed by atoms with Gasteiger partial charge in [-0.1, -0.05) is 61.6 Å². The molecule has 2 nitrogen and oxygen atoms in total. The summed E-state index contributed by atoms with van der Waals surface area (Å²) in [7, 11) is 0. The molecule has 5 rings (SSSR count). The van der Waals surface area contributed by atoms with E-state index in [2.05, 4.69) is 91.3 Å². The third-order valence-electron chi connectivity index (χ3n) is 6.45. The van der Waals surface area contributed by atoms with Gasteiger partial charge >= 0.3 is 0 Å². The number of fused-ring (bicyclic) bond motifs is 1. The van der Waals surface area contributed by atoms with Crippen molar-refractivity contribution in [1.82, 2.24) is 9.55 Å². The summed E-state index contributed by atoms with van der Waals surface area (Å²) >= 11 is 0. The Hall–Kier alpha value is -2.87. The molecule has 29 heavy (non-hydrogen) atoms. The molecular weight excluding hydrogens is 352 g/mol. The van der Waals surface area contributed by atoms with Crippen LogP contribution in [0.5, 0.6) is 0 Å². The van der Waals surface area contributed by atoms with Gasteiger partial charge in [0, 0.05) is 17.5 Å². The molecule has 146 valence electrons. The number of hydrogen-bond donors (Lipinski definition) is 0. The molecule has 0 bridgehead atoms. The van der Waals surface area contributed by atoms with E-state index in [1.54, 1.807) is 0 Å². The molecule has 1 heterocycles. The summed E-state index contributed by atoms with van der Waals surface area (Å²) in [6.45, 7) is 4.49. The van der Waals surface area contributed by atoms with Crippen LogP contribution < -0.4 is 0 Å². The Balaban J connectivity index is 1.71. The maximum absolute atomic E-state index is 5.07. The molecule has 0 saturated heterocycles. The minimum atomic E-state index is 0.356. The first-order valence-corrected chi connectivity index (χ1v) is 10.8. The molecule has 3 aliphatic rings. The van der Waals surface area contributed by atoms with Gasteiger partial charge in [-0.3, -0.25) is 4.57 Å². The minimum Gasteiger partial charge on any atom is -0.297 e. The summed E-state index contributed by atoms with van der Waals surface area (Å²) in [6, 6.07) is 10.6. The number of benzene rings is 1. The Morgan fingerprint density at radius 2 is 1.90 bits per heavy atom. The van der Waals surface area contributed by atoms with Crippen molar-refractivity contribution in [2.45, 2.75) is 45.4 Å². The second-order valence-corrected chi connectivity index (χ2v) is 8.31. The highest BCUT2D eigenvalue weighted by Crippen LogP contribution is 2.47. The van der Waals surface area contributed by atoms with E-state index in [1.165, 1.54) is 33.8 Å². The summed E-state index contributed by atoms with van der Waals surface area (Å²) in [5.74, 6) is 1.81. The first kappa shape index (κ1) is 18.2.